The molecule has 7 nitrogen and oxygen atoms in total. The van der Waals surface area contributed by atoms with E-state index in [2.05, 4.69) is 15.3 Å². The quantitative estimate of drug-likeness (QED) is 0.655. The summed E-state index contributed by atoms with van der Waals surface area (Å²) in [6.07, 6.45) is 4.31. The van der Waals surface area contributed by atoms with Crippen LogP contribution in [0.1, 0.15) is 12.8 Å². The number of halogens is 1. The summed E-state index contributed by atoms with van der Waals surface area (Å²) in [4.78, 5) is 8.90. The van der Waals surface area contributed by atoms with Crippen LogP contribution < -0.4 is 5.32 Å². The molecule has 2 aromatic carbocycles. The summed E-state index contributed by atoms with van der Waals surface area (Å²) in [5.41, 5.74) is 1.98. The molecule has 0 amide bonds. The van der Waals surface area contributed by atoms with E-state index < -0.39 is 10.0 Å². The summed E-state index contributed by atoms with van der Waals surface area (Å²) >= 11 is 6.26. The maximum absolute atomic E-state index is 11.6. The number of piperidine rings is 1. The maximum Gasteiger partial charge on any atom is 0.223 e. The highest BCUT2D eigenvalue weighted by molar-refractivity contribution is 7.88. The van der Waals surface area contributed by atoms with Gasteiger partial charge in [0, 0.05) is 52.9 Å². The number of hydrogen-bond acceptors (Lipinski definition) is 6. The Morgan fingerprint density at radius 2 is 1.90 bits per heavy atom. The minimum atomic E-state index is -3.15. The highest BCUT2D eigenvalue weighted by atomic mass is 35.5. The SMILES string of the molecule is CS(=O)(=O)N1CCC(Nc2ncc3cc(-c4ccccc4Cl)c(O)cc3n2)CC1. The first-order valence-corrected chi connectivity index (χ1v) is 11.5. The molecule has 152 valence electrons. The van der Waals surface area contributed by atoms with Crippen LogP contribution in [-0.4, -0.2) is 53.2 Å². The van der Waals surface area contributed by atoms with Crippen molar-refractivity contribution >= 4 is 38.5 Å². The fourth-order valence-corrected chi connectivity index (χ4v) is 4.66. The lowest BCUT2D eigenvalue weighted by atomic mass is 10.0. The fraction of sp³-hybridized carbons (Fsp3) is 0.300. The Hall–Kier alpha value is -2.42. The van der Waals surface area contributed by atoms with Crippen molar-refractivity contribution in [1.29, 1.82) is 0 Å². The number of nitrogens with one attached hydrogen (secondary N) is 1. The van der Waals surface area contributed by atoms with Gasteiger partial charge in [-0.3, -0.25) is 0 Å². The molecule has 1 aliphatic heterocycles. The molecule has 0 bridgehead atoms. The van der Waals surface area contributed by atoms with E-state index in [0.717, 1.165) is 10.9 Å². The van der Waals surface area contributed by atoms with E-state index in [-0.39, 0.29) is 11.8 Å². The molecule has 2 heterocycles. The van der Waals surface area contributed by atoms with Crippen LogP contribution in [0.3, 0.4) is 0 Å². The number of anilines is 1. The number of phenols is 1. The third kappa shape index (κ3) is 4.29. The predicted molar refractivity (Wildman–Crippen MR) is 115 cm³/mol. The molecule has 0 unspecified atom stereocenters. The first-order chi connectivity index (χ1) is 13.8. The van der Waals surface area contributed by atoms with Gasteiger partial charge in [-0.1, -0.05) is 29.8 Å². The number of nitrogens with zero attached hydrogens (tertiary/aromatic N) is 3. The Morgan fingerprint density at radius 3 is 2.59 bits per heavy atom. The standard InChI is InChI=1S/C20H21ClN4O3S/c1-29(27,28)25-8-6-14(7-9-25)23-20-22-12-13-10-16(19(26)11-18(13)24-20)15-4-2-3-5-17(15)21/h2-5,10-12,14,26H,6-9H2,1H3,(H,22,23,24). The zero-order valence-electron chi connectivity index (χ0n) is 15.8. The number of fused-ring (bicyclic) bond motifs is 1. The summed E-state index contributed by atoms with van der Waals surface area (Å²) in [7, 11) is -3.15. The summed E-state index contributed by atoms with van der Waals surface area (Å²) in [6.45, 7) is 0.956. The zero-order chi connectivity index (χ0) is 20.6. The maximum atomic E-state index is 11.6. The lowest BCUT2D eigenvalue weighted by Crippen LogP contribution is -2.42. The monoisotopic (exact) mass is 432 g/mol. The molecular weight excluding hydrogens is 412 g/mol. The van der Waals surface area contributed by atoms with Gasteiger partial charge < -0.3 is 10.4 Å². The fourth-order valence-electron chi connectivity index (χ4n) is 3.55. The van der Waals surface area contributed by atoms with Crippen LogP contribution >= 0.6 is 11.6 Å². The number of aromatic nitrogens is 2. The number of hydrogen-bond donors (Lipinski definition) is 2. The first-order valence-electron chi connectivity index (χ1n) is 9.27. The molecule has 9 heteroatoms. The minimum absolute atomic E-state index is 0.0942. The second-order valence-corrected chi connectivity index (χ2v) is 9.57. The van der Waals surface area contributed by atoms with Gasteiger partial charge in [0.25, 0.3) is 0 Å². The molecule has 2 N–H and O–H groups in total. The Morgan fingerprint density at radius 1 is 1.17 bits per heavy atom. The van der Waals surface area contributed by atoms with Gasteiger partial charge in [0.15, 0.2) is 0 Å². The van der Waals surface area contributed by atoms with Crippen molar-refractivity contribution in [3.05, 3.63) is 47.6 Å². The van der Waals surface area contributed by atoms with Crippen molar-refractivity contribution < 1.29 is 13.5 Å². The van der Waals surface area contributed by atoms with Gasteiger partial charge in [-0.05, 0) is 25.0 Å². The smallest absolute Gasteiger partial charge is 0.223 e. The van der Waals surface area contributed by atoms with Crippen LogP contribution in [0.2, 0.25) is 5.02 Å². The van der Waals surface area contributed by atoms with E-state index in [0.29, 0.717) is 48.0 Å². The van der Waals surface area contributed by atoms with E-state index in [1.54, 1.807) is 18.3 Å². The number of aromatic hydroxyl groups is 1. The lowest BCUT2D eigenvalue weighted by molar-refractivity contribution is 0.331. The summed E-state index contributed by atoms with van der Waals surface area (Å²) < 4.78 is 24.7. The summed E-state index contributed by atoms with van der Waals surface area (Å²) in [5.74, 6) is 0.553. The Kier molecular flexibility index (Phi) is 5.33. The van der Waals surface area contributed by atoms with E-state index in [4.69, 9.17) is 11.6 Å². The second-order valence-electron chi connectivity index (χ2n) is 7.18. The van der Waals surface area contributed by atoms with Crippen molar-refractivity contribution in [3.63, 3.8) is 0 Å². The summed E-state index contributed by atoms with van der Waals surface area (Å²) in [5, 5.41) is 15.1. The molecule has 0 radical (unpaired) electrons. The number of phenolic OH excluding ortho intramolecular Hbond substituents is 1. The lowest BCUT2D eigenvalue weighted by Gasteiger charge is -2.30. The normalized spacial score (nSPS) is 16.2. The van der Waals surface area contributed by atoms with E-state index in [1.165, 1.54) is 10.6 Å². The third-order valence-corrected chi connectivity index (χ3v) is 6.75. The molecule has 1 fully saturated rings. The second kappa shape index (κ2) is 7.78. The molecule has 0 spiro atoms. The molecule has 3 aromatic rings. The summed E-state index contributed by atoms with van der Waals surface area (Å²) in [6, 6.07) is 10.9. The van der Waals surface area contributed by atoms with Gasteiger partial charge in [0.05, 0.1) is 11.8 Å². The van der Waals surface area contributed by atoms with E-state index >= 15 is 0 Å². The van der Waals surface area contributed by atoms with Crippen molar-refractivity contribution in [3.8, 4) is 16.9 Å². The van der Waals surface area contributed by atoms with E-state index in [1.807, 2.05) is 24.3 Å². The molecule has 0 atom stereocenters. The van der Waals surface area contributed by atoms with Crippen LogP contribution in [0.25, 0.3) is 22.0 Å². The largest absolute Gasteiger partial charge is 0.507 e. The van der Waals surface area contributed by atoms with Crippen molar-refractivity contribution in [2.24, 2.45) is 0 Å². The van der Waals surface area contributed by atoms with Gasteiger partial charge in [0.1, 0.15) is 5.75 Å². The number of sulfonamides is 1. The molecule has 0 aliphatic carbocycles. The number of rotatable bonds is 4. The van der Waals surface area contributed by atoms with Crippen LogP contribution in [0, 0.1) is 0 Å². The molecule has 1 saturated heterocycles. The van der Waals surface area contributed by atoms with Crippen LogP contribution in [-0.2, 0) is 10.0 Å². The Labute approximate surface area is 174 Å². The molecule has 29 heavy (non-hydrogen) atoms. The topological polar surface area (TPSA) is 95.4 Å². The molecule has 1 aliphatic rings. The molecule has 4 rings (SSSR count). The van der Waals surface area contributed by atoms with Crippen LogP contribution in [0.5, 0.6) is 5.75 Å². The zero-order valence-corrected chi connectivity index (χ0v) is 17.4. The van der Waals surface area contributed by atoms with Crippen molar-refractivity contribution in [2.45, 2.75) is 18.9 Å². The van der Waals surface area contributed by atoms with Crippen LogP contribution in [0.4, 0.5) is 5.95 Å². The molecule has 0 saturated carbocycles. The number of benzene rings is 2. The first kappa shape index (κ1) is 19.9. The van der Waals surface area contributed by atoms with Crippen molar-refractivity contribution in [2.75, 3.05) is 24.7 Å². The third-order valence-electron chi connectivity index (χ3n) is 5.12. The van der Waals surface area contributed by atoms with E-state index in [9.17, 15) is 13.5 Å². The van der Waals surface area contributed by atoms with Gasteiger partial charge in [-0.25, -0.2) is 22.7 Å². The molecular formula is C20H21ClN4O3S. The van der Waals surface area contributed by atoms with Crippen LogP contribution in [0.15, 0.2) is 42.6 Å². The van der Waals surface area contributed by atoms with Crippen molar-refractivity contribution in [1.82, 2.24) is 14.3 Å². The minimum Gasteiger partial charge on any atom is -0.507 e. The Bertz CT molecular complexity index is 1160. The Balaban J connectivity index is 1.55. The average Bonchev–Trinajstić information content (AvgIpc) is 2.68. The van der Waals surface area contributed by atoms with Gasteiger partial charge in [0.2, 0.25) is 16.0 Å². The van der Waals surface area contributed by atoms with Gasteiger partial charge in [-0.2, -0.15) is 0 Å². The highest BCUT2D eigenvalue weighted by Gasteiger charge is 2.25. The average molecular weight is 433 g/mol. The van der Waals surface area contributed by atoms with Gasteiger partial charge >= 0.3 is 0 Å². The van der Waals surface area contributed by atoms with Gasteiger partial charge in [-0.15, -0.1) is 0 Å². The molecule has 1 aromatic heterocycles. The highest BCUT2D eigenvalue weighted by Crippen LogP contribution is 2.36. The predicted octanol–water partition coefficient (Wildman–Crippen LogP) is 3.49.